The monoisotopic (exact) mass is 733 g/mol. The summed E-state index contributed by atoms with van der Waals surface area (Å²) in [5.74, 6) is -0.0351. The third kappa shape index (κ3) is 10.3. The number of unbranched alkanes of at least 4 members (excludes halogenated alkanes) is 3. The summed E-state index contributed by atoms with van der Waals surface area (Å²) in [6.45, 7) is 4.34. The van der Waals surface area contributed by atoms with Crippen molar-refractivity contribution in [1.82, 2.24) is 4.98 Å². The number of anilines is 1. The second kappa shape index (κ2) is 18.3. The van der Waals surface area contributed by atoms with Gasteiger partial charge in [-0.2, -0.15) is 5.10 Å². The average Bonchev–Trinajstić information content (AvgIpc) is 3.63. The Balaban J connectivity index is 0.972. The van der Waals surface area contributed by atoms with Gasteiger partial charge < -0.3 is 18.9 Å². The van der Waals surface area contributed by atoms with Gasteiger partial charge in [0.25, 0.3) is 0 Å². The molecule has 0 spiro atoms. The van der Waals surface area contributed by atoms with E-state index in [0.29, 0.717) is 61.7 Å². The van der Waals surface area contributed by atoms with Crippen molar-refractivity contribution in [2.45, 2.75) is 51.4 Å². The number of para-hydroxylation sites is 1. The highest BCUT2D eigenvalue weighted by atomic mass is 32.1. The molecule has 0 amide bonds. The van der Waals surface area contributed by atoms with E-state index in [1.54, 1.807) is 46.8 Å². The number of carbonyl (C=O) groups is 3. The molecule has 0 unspecified atom stereocenters. The molecule has 53 heavy (non-hydrogen) atoms. The molecule has 0 bridgehead atoms. The Morgan fingerprint density at radius 2 is 1.43 bits per heavy atom. The van der Waals surface area contributed by atoms with Crippen LogP contribution in [0.1, 0.15) is 56.9 Å². The van der Waals surface area contributed by atoms with E-state index < -0.39 is 5.97 Å². The van der Waals surface area contributed by atoms with Gasteiger partial charge in [0.05, 0.1) is 41.5 Å². The van der Waals surface area contributed by atoms with Crippen LogP contribution in [-0.4, -0.2) is 49.4 Å². The maximum Gasteiger partial charge on any atom is 0.330 e. The second-order valence-electron chi connectivity index (χ2n) is 13.0. The lowest BCUT2D eigenvalue weighted by atomic mass is 9.82. The van der Waals surface area contributed by atoms with Gasteiger partial charge >= 0.3 is 17.9 Å². The quantitative estimate of drug-likeness (QED) is 0.0245. The minimum absolute atomic E-state index is 0.295. The summed E-state index contributed by atoms with van der Waals surface area (Å²) in [7, 11) is 1.84. The normalized spacial score (nSPS) is 15.6. The maximum atomic E-state index is 13.5. The fraction of sp³-hybridized carbons (Fsp3) is 0.310. The number of hydrazone groups is 1. The van der Waals surface area contributed by atoms with E-state index in [-0.39, 0.29) is 23.8 Å². The zero-order valence-corrected chi connectivity index (χ0v) is 30.6. The number of hydrogen-bond donors (Lipinski definition) is 0. The molecular formula is C42H43N3O7S. The van der Waals surface area contributed by atoms with E-state index in [4.69, 9.17) is 18.9 Å². The molecule has 1 aliphatic carbocycles. The van der Waals surface area contributed by atoms with Crippen LogP contribution in [0.3, 0.4) is 0 Å². The lowest BCUT2D eigenvalue weighted by molar-refractivity contribution is -0.145. The van der Waals surface area contributed by atoms with Gasteiger partial charge in [0.1, 0.15) is 17.2 Å². The van der Waals surface area contributed by atoms with Crippen molar-refractivity contribution in [2.24, 2.45) is 16.9 Å². The molecule has 1 fully saturated rings. The van der Waals surface area contributed by atoms with Crippen LogP contribution in [-0.2, 0) is 19.1 Å². The van der Waals surface area contributed by atoms with Gasteiger partial charge in [-0.1, -0.05) is 54.3 Å². The molecule has 1 aliphatic rings. The van der Waals surface area contributed by atoms with Gasteiger partial charge in [-0.05, 0) is 111 Å². The predicted octanol–water partition coefficient (Wildman–Crippen LogP) is 8.91. The number of thiazole rings is 1. The number of carbonyl (C=O) groups excluding carboxylic acids is 3. The van der Waals surface area contributed by atoms with Crippen molar-refractivity contribution < 1.29 is 33.3 Å². The van der Waals surface area contributed by atoms with Gasteiger partial charge in [0.2, 0.25) is 5.13 Å². The number of rotatable bonds is 16. The molecule has 0 aliphatic heterocycles. The molecular weight excluding hydrogens is 691 g/mol. The van der Waals surface area contributed by atoms with Crippen LogP contribution in [0.5, 0.6) is 17.2 Å². The lowest BCUT2D eigenvalue weighted by Gasteiger charge is -2.26. The van der Waals surface area contributed by atoms with E-state index in [1.165, 1.54) is 6.08 Å². The second-order valence-corrected chi connectivity index (χ2v) is 14.0. The van der Waals surface area contributed by atoms with Crippen molar-refractivity contribution in [3.63, 3.8) is 0 Å². The molecule has 10 nitrogen and oxygen atoms in total. The van der Waals surface area contributed by atoms with Crippen molar-refractivity contribution in [1.29, 1.82) is 0 Å². The van der Waals surface area contributed by atoms with E-state index in [9.17, 15) is 14.4 Å². The molecule has 274 valence electrons. The summed E-state index contributed by atoms with van der Waals surface area (Å²) in [4.78, 5) is 42.2. The van der Waals surface area contributed by atoms with Gasteiger partial charge in [0, 0.05) is 18.7 Å². The summed E-state index contributed by atoms with van der Waals surface area (Å²) in [6.07, 6.45) is 8.59. The van der Waals surface area contributed by atoms with Crippen LogP contribution in [0.25, 0.3) is 21.0 Å². The highest BCUT2D eigenvalue weighted by Crippen LogP contribution is 2.33. The van der Waals surface area contributed by atoms with Crippen molar-refractivity contribution in [2.75, 3.05) is 25.3 Å². The number of nitrogens with zero attached hydrogens (tertiary/aromatic N) is 3. The first-order valence-corrected chi connectivity index (χ1v) is 18.8. The molecule has 0 saturated heterocycles. The lowest BCUT2D eigenvalue weighted by Crippen LogP contribution is -2.30. The van der Waals surface area contributed by atoms with Crippen LogP contribution in [0, 0.1) is 11.8 Å². The molecule has 6 rings (SSSR count). The predicted molar refractivity (Wildman–Crippen MR) is 208 cm³/mol. The Labute approximate surface area is 313 Å². The van der Waals surface area contributed by atoms with Crippen LogP contribution < -0.4 is 19.2 Å². The summed E-state index contributed by atoms with van der Waals surface area (Å²) in [5, 5.41) is 9.07. The van der Waals surface area contributed by atoms with Gasteiger partial charge in [0.15, 0.2) is 0 Å². The fourth-order valence-electron chi connectivity index (χ4n) is 6.16. The summed E-state index contributed by atoms with van der Waals surface area (Å²) in [6, 6.07) is 26.7. The number of ether oxygens (including phenoxy) is 4. The van der Waals surface area contributed by atoms with Gasteiger partial charge in [-0.15, -0.1) is 0 Å². The summed E-state index contributed by atoms with van der Waals surface area (Å²) in [5.41, 5.74) is 1.60. The Morgan fingerprint density at radius 1 is 0.811 bits per heavy atom. The Bertz CT molecular complexity index is 2040. The maximum absolute atomic E-state index is 13.5. The molecule has 11 heteroatoms. The number of benzene rings is 4. The van der Waals surface area contributed by atoms with Crippen LogP contribution in [0.2, 0.25) is 0 Å². The van der Waals surface area contributed by atoms with Crippen LogP contribution in [0.4, 0.5) is 5.13 Å². The molecule has 0 atom stereocenters. The number of aromatic nitrogens is 1. The summed E-state index contributed by atoms with van der Waals surface area (Å²) < 4.78 is 23.6. The van der Waals surface area contributed by atoms with Gasteiger partial charge in [-0.3, -0.25) is 9.59 Å². The number of hydrogen-bond acceptors (Lipinski definition) is 11. The van der Waals surface area contributed by atoms with Crippen LogP contribution >= 0.6 is 11.3 Å². The van der Waals surface area contributed by atoms with E-state index >= 15 is 0 Å². The molecule has 4 aromatic carbocycles. The number of esters is 3. The third-order valence-corrected chi connectivity index (χ3v) is 10.3. The minimum Gasteiger partial charge on any atom is -0.494 e. The molecule has 0 radical (unpaired) electrons. The van der Waals surface area contributed by atoms with Gasteiger partial charge in [-0.25, -0.2) is 14.8 Å². The zero-order valence-electron chi connectivity index (χ0n) is 29.8. The van der Waals surface area contributed by atoms with Crippen molar-refractivity contribution >= 4 is 61.6 Å². The first-order valence-electron chi connectivity index (χ1n) is 18.0. The SMILES string of the molecule is C=CC(=O)OCCCCCCOc1ccc(OC(=O)C2CCC(C(=O)Oc3cc4ccccc4cc3/C=N/N(C)c3nc4ccccc4s3)CC2)cc1. The molecule has 0 N–H and O–H groups in total. The first kappa shape index (κ1) is 37.2. The molecule has 1 heterocycles. The average molecular weight is 734 g/mol. The Kier molecular flexibility index (Phi) is 12.8. The minimum atomic E-state index is -0.395. The van der Waals surface area contributed by atoms with Crippen LogP contribution in [0.15, 0.2) is 103 Å². The van der Waals surface area contributed by atoms with E-state index in [0.717, 1.165) is 51.8 Å². The Hall–Kier alpha value is -5.55. The van der Waals surface area contributed by atoms with E-state index in [2.05, 4.69) is 16.7 Å². The smallest absolute Gasteiger partial charge is 0.330 e. The molecule has 1 aromatic heterocycles. The zero-order chi connectivity index (χ0) is 37.0. The fourth-order valence-corrected chi connectivity index (χ4v) is 7.05. The first-order chi connectivity index (χ1) is 25.9. The van der Waals surface area contributed by atoms with Crippen molar-refractivity contribution in [3.05, 3.63) is 103 Å². The largest absolute Gasteiger partial charge is 0.494 e. The number of fused-ring (bicyclic) bond motifs is 2. The topological polar surface area (TPSA) is 117 Å². The molecule has 1 saturated carbocycles. The van der Waals surface area contributed by atoms with E-state index in [1.807, 2.05) is 67.7 Å². The highest BCUT2D eigenvalue weighted by Gasteiger charge is 2.32. The highest BCUT2D eigenvalue weighted by molar-refractivity contribution is 7.22. The standard InChI is InChI=1S/C42H43N3O7S/c1-3-39(46)50-25-11-5-4-10-24-49-34-20-22-35(23-21-34)51-40(47)29-16-18-30(19-17-29)41(48)52-37-27-32-13-7-6-12-31(32)26-33(37)28-43-45(2)42-44-36-14-8-9-15-38(36)53-42/h3,6-9,12-15,20-23,26-30H,1,4-5,10-11,16-19,24-25H2,2H3/b43-28+. The van der Waals surface area contributed by atoms with Crippen molar-refractivity contribution in [3.8, 4) is 17.2 Å². The Morgan fingerprint density at radius 3 is 2.13 bits per heavy atom. The summed E-state index contributed by atoms with van der Waals surface area (Å²) >= 11 is 1.55. The third-order valence-electron chi connectivity index (χ3n) is 9.17. The molecule has 5 aromatic rings.